The number of aliphatic imine (C=N–C) groups is 1. The van der Waals surface area contributed by atoms with Gasteiger partial charge in [0.1, 0.15) is 0 Å². The van der Waals surface area contributed by atoms with Gasteiger partial charge in [0.15, 0.2) is 5.96 Å². The summed E-state index contributed by atoms with van der Waals surface area (Å²) in [5, 5.41) is 6.57. The van der Waals surface area contributed by atoms with Crippen LogP contribution in [0.2, 0.25) is 0 Å². The first-order valence-corrected chi connectivity index (χ1v) is 7.56. The van der Waals surface area contributed by atoms with Crippen LogP contribution in [0.5, 0.6) is 0 Å². The summed E-state index contributed by atoms with van der Waals surface area (Å²) in [4.78, 5) is 4.52. The zero-order valence-corrected chi connectivity index (χ0v) is 13.2. The van der Waals surface area contributed by atoms with E-state index in [1.54, 1.807) is 7.11 Å². The highest BCUT2D eigenvalue weighted by atomic mass is 16.5. The number of hydrogen-bond donors (Lipinski definition) is 2. The van der Waals surface area contributed by atoms with Gasteiger partial charge in [0, 0.05) is 52.3 Å². The third kappa shape index (κ3) is 9.10. The highest BCUT2D eigenvalue weighted by molar-refractivity contribution is 5.79. The Morgan fingerprint density at radius 3 is 2.67 bits per heavy atom. The largest absolute Gasteiger partial charge is 0.382 e. The average Bonchev–Trinajstić information content (AvgIpc) is 2.99. The summed E-state index contributed by atoms with van der Waals surface area (Å²) in [6.45, 7) is 7.48. The molecule has 0 aliphatic carbocycles. The number of ether oxygens (including phenoxy) is 2. The summed E-state index contributed by atoms with van der Waals surface area (Å²) in [5.74, 6) is 0.863. The summed E-state index contributed by atoms with van der Waals surface area (Å²) < 4.78 is 12.5. The quantitative estimate of drug-likeness (QED) is 0.365. The van der Waals surface area contributed by atoms with Crippen molar-refractivity contribution in [3.8, 4) is 0 Å². The van der Waals surface area contributed by atoms with Gasteiger partial charge in [-0.25, -0.2) is 0 Å². The Balaban J connectivity index is 2.13. The molecule has 21 heavy (non-hydrogen) atoms. The first kappa shape index (κ1) is 17.5. The van der Waals surface area contributed by atoms with Gasteiger partial charge in [-0.1, -0.05) is 0 Å². The molecule has 1 heterocycles. The number of methoxy groups -OCH3 is 1. The van der Waals surface area contributed by atoms with E-state index in [0.717, 1.165) is 45.2 Å². The molecule has 1 rings (SSSR count). The van der Waals surface area contributed by atoms with E-state index < -0.39 is 0 Å². The molecule has 0 aliphatic rings. The van der Waals surface area contributed by atoms with Crippen molar-refractivity contribution in [2.24, 2.45) is 4.99 Å². The average molecular weight is 296 g/mol. The Bertz CT molecular complexity index is 366. The second kappa shape index (κ2) is 12.2. The van der Waals surface area contributed by atoms with E-state index in [4.69, 9.17) is 9.47 Å². The fraction of sp³-hybridized carbons (Fsp3) is 0.667. The molecular weight excluding hydrogens is 268 g/mol. The van der Waals surface area contributed by atoms with Crippen LogP contribution in [0.15, 0.2) is 29.5 Å². The minimum absolute atomic E-state index is 0.646. The van der Waals surface area contributed by atoms with Crippen molar-refractivity contribution < 1.29 is 9.47 Å². The summed E-state index contributed by atoms with van der Waals surface area (Å²) in [7, 11) is 1.68. The van der Waals surface area contributed by atoms with Gasteiger partial charge in [0.2, 0.25) is 0 Å². The standard InChI is InChI=1S/C15H28N4O2/c1-3-16-15(17-7-6-12-21-14-13-20-2)18-8-11-19-9-4-5-10-19/h4-5,9-10H,3,6-8,11-14H2,1-2H3,(H2,16,17,18). The number of aromatic nitrogens is 1. The lowest BCUT2D eigenvalue weighted by Gasteiger charge is -2.11. The van der Waals surface area contributed by atoms with Gasteiger partial charge in [-0.2, -0.15) is 0 Å². The molecule has 0 unspecified atom stereocenters. The summed E-state index contributed by atoms with van der Waals surface area (Å²) in [5.41, 5.74) is 0. The van der Waals surface area contributed by atoms with E-state index in [1.807, 2.05) is 12.1 Å². The number of guanidine groups is 1. The molecule has 1 aromatic heterocycles. The van der Waals surface area contributed by atoms with Crippen LogP contribution in [-0.4, -0.2) is 57.1 Å². The smallest absolute Gasteiger partial charge is 0.191 e. The van der Waals surface area contributed by atoms with Crippen molar-refractivity contribution in [3.63, 3.8) is 0 Å². The van der Waals surface area contributed by atoms with Crippen LogP contribution in [0, 0.1) is 0 Å². The highest BCUT2D eigenvalue weighted by Crippen LogP contribution is 1.89. The lowest BCUT2D eigenvalue weighted by atomic mass is 10.4. The maximum Gasteiger partial charge on any atom is 0.191 e. The molecule has 0 bridgehead atoms. The number of hydrogen-bond acceptors (Lipinski definition) is 3. The summed E-state index contributed by atoms with van der Waals surface area (Å²) >= 11 is 0. The van der Waals surface area contributed by atoms with Crippen LogP contribution in [-0.2, 0) is 16.0 Å². The van der Waals surface area contributed by atoms with Crippen LogP contribution in [0.4, 0.5) is 0 Å². The number of rotatable bonds is 11. The molecule has 0 aromatic carbocycles. The Labute approximate surface area is 127 Å². The second-order valence-electron chi connectivity index (χ2n) is 4.57. The van der Waals surface area contributed by atoms with Crippen molar-refractivity contribution in [2.45, 2.75) is 19.9 Å². The fourth-order valence-electron chi connectivity index (χ4n) is 1.77. The monoisotopic (exact) mass is 296 g/mol. The maximum absolute atomic E-state index is 5.41. The summed E-state index contributed by atoms with van der Waals surface area (Å²) in [6.07, 6.45) is 5.03. The lowest BCUT2D eigenvalue weighted by molar-refractivity contribution is 0.0702. The van der Waals surface area contributed by atoms with Gasteiger partial charge in [-0.05, 0) is 25.5 Å². The first-order valence-electron chi connectivity index (χ1n) is 7.56. The van der Waals surface area contributed by atoms with Crippen molar-refractivity contribution in [1.29, 1.82) is 0 Å². The zero-order chi connectivity index (χ0) is 15.2. The molecule has 2 N–H and O–H groups in total. The Morgan fingerprint density at radius 1 is 1.14 bits per heavy atom. The van der Waals surface area contributed by atoms with Gasteiger partial charge in [0.05, 0.1) is 13.2 Å². The predicted molar refractivity (Wildman–Crippen MR) is 85.7 cm³/mol. The highest BCUT2D eigenvalue weighted by Gasteiger charge is 1.96. The van der Waals surface area contributed by atoms with E-state index in [-0.39, 0.29) is 0 Å². The second-order valence-corrected chi connectivity index (χ2v) is 4.57. The fourth-order valence-corrected chi connectivity index (χ4v) is 1.77. The van der Waals surface area contributed by atoms with E-state index in [0.29, 0.717) is 13.2 Å². The predicted octanol–water partition coefficient (Wildman–Crippen LogP) is 1.10. The minimum Gasteiger partial charge on any atom is -0.382 e. The normalized spacial score (nSPS) is 11.6. The molecule has 0 fully saturated rings. The molecule has 0 saturated carbocycles. The Hall–Kier alpha value is -1.53. The molecule has 0 spiro atoms. The Kier molecular flexibility index (Phi) is 10.2. The topological polar surface area (TPSA) is 59.8 Å². The molecule has 0 radical (unpaired) electrons. The van der Waals surface area contributed by atoms with Crippen LogP contribution in [0.1, 0.15) is 13.3 Å². The SMILES string of the molecule is CCNC(=NCCCOCCOC)NCCn1cccc1. The minimum atomic E-state index is 0.646. The van der Waals surface area contributed by atoms with Crippen molar-refractivity contribution >= 4 is 5.96 Å². The van der Waals surface area contributed by atoms with Crippen LogP contribution in [0.25, 0.3) is 0 Å². The molecule has 0 amide bonds. The molecule has 0 atom stereocenters. The molecular formula is C15H28N4O2. The zero-order valence-electron chi connectivity index (χ0n) is 13.2. The van der Waals surface area contributed by atoms with Crippen molar-refractivity contribution in [2.75, 3.05) is 46.6 Å². The molecule has 1 aromatic rings. The molecule has 6 heteroatoms. The third-order valence-corrected chi connectivity index (χ3v) is 2.82. The van der Waals surface area contributed by atoms with E-state index in [9.17, 15) is 0 Å². The molecule has 6 nitrogen and oxygen atoms in total. The van der Waals surface area contributed by atoms with Crippen molar-refractivity contribution in [3.05, 3.63) is 24.5 Å². The van der Waals surface area contributed by atoms with Crippen LogP contribution >= 0.6 is 0 Å². The van der Waals surface area contributed by atoms with E-state index >= 15 is 0 Å². The van der Waals surface area contributed by atoms with Crippen molar-refractivity contribution in [1.82, 2.24) is 15.2 Å². The van der Waals surface area contributed by atoms with Gasteiger partial charge in [0.25, 0.3) is 0 Å². The molecule has 0 aliphatic heterocycles. The van der Waals surface area contributed by atoms with Gasteiger partial charge in [-0.3, -0.25) is 4.99 Å². The van der Waals surface area contributed by atoms with Crippen LogP contribution in [0.3, 0.4) is 0 Å². The van der Waals surface area contributed by atoms with E-state index in [2.05, 4.69) is 39.5 Å². The first-order chi connectivity index (χ1) is 10.4. The maximum atomic E-state index is 5.41. The lowest BCUT2D eigenvalue weighted by Crippen LogP contribution is -2.38. The molecule has 120 valence electrons. The van der Waals surface area contributed by atoms with Gasteiger partial charge >= 0.3 is 0 Å². The van der Waals surface area contributed by atoms with Gasteiger partial charge < -0.3 is 24.7 Å². The van der Waals surface area contributed by atoms with Crippen LogP contribution < -0.4 is 10.6 Å². The third-order valence-electron chi connectivity index (χ3n) is 2.82. The molecule has 0 saturated heterocycles. The number of nitrogens with zero attached hydrogens (tertiary/aromatic N) is 2. The summed E-state index contributed by atoms with van der Waals surface area (Å²) in [6, 6.07) is 4.06. The van der Waals surface area contributed by atoms with Gasteiger partial charge in [-0.15, -0.1) is 0 Å². The Morgan fingerprint density at radius 2 is 1.95 bits per heavy atom. The number of nitrogens with one attached hydrogen (secondary N) is 2. The van der Waals surface area contributed by atoms with E-state index in [1.165, 1.54) is 0 Å².